The number of nitrogens with zero attached hydrogens (tertiary/aromatic N) is 2. The van der Waals surface area contributed by atoms with Gasteiger partial charge in [-0.3, -0.25) is 4.98 Å². The van der Waals surface area contributed by atoms with Crippen LogP contribution in [0.5, 0.6) is 0 Å². The molecule has 0 aliphatic rings. The Hall–Kier alpha value is -2.08. The zero-order valence-electron chi connectivity index (χ0n) is 10.7. The Labute approximate surface area is 118 Å². The number of nitrogens with one attached hydrogen (secondary N) is 1. The van der Waals surface area contributed by atoms with Gasteiger partial charge in [0.05, 0.1) is 12.1 Å². The number of benzene rings is 1. The molecule has 0 aliphatic carbocycles. The van der Waals surface area contributed by atoms with Crippen molar-refractivity contribution < 1.29 is 8.78 Å². The molecule has 0 unspecified atom stereocenters. The first kappa shape index (κ1) is 12.9. The predicted octanol–water partition coefficient (Wildman–Crippen LogP) is 3.73. The average molecular weight is 291 g/mol. The molecule has 0 saturated heterocycles. The summed E-state index contributed by atoms with van der Waals surface area (Å²) in [6, 6.07) is 6.32. The Bertz CT molecular complexity index is 834. The summed E-state index contributed by atoms with van der Waals surface area (Å²) in [5, 5.41) is 0. The van der Waals surface area contributed by atoms with Gasteiger partial charge in [-0.25, -0.2) is 8.78 Å². The molecule has 2 heterocycles. The third-order valence-corrected chi connectivity index (χ3v) is 3.46. The Morgan fingerprint density at radius 3 is 2.75 bits per heavy atom. The molecular weight excluding hydrogens is 280 g/mol. The second kappa shape index (κ2) is 4.79. The minimum absolute atomic E-state index is 0.149. The monoisotopic (exact) mass is 291 g/mol. The maximum Gasteiger partial charge on any atom is 0.184 e. The third-order valence-electron chi connectivity index (χ3n) is 3.14. The van der Waals surface area contributed by atoms with E-state index >= 15 is 0 Å². The van der Waals surface area contributed by atoms with Crippen LogP contribution in [0.25, 0.3) is 11.0 Å². The van der Waals surface area contributed by atoms with Crippen LogP contribution in [0.4, 0.5) is 8.78 Å². The Kier molecular flexibility index (Phi) is 3.10. The highest BCUT2D eigenvalue weighted by Crippen LogP contribution is 2.21. The lowest BCUT2D eigenvalue weighted by Crippen LogP contribution is -2.02. The molecule has 1 N–H and O–H groups in total. The fraction of sp³-hybridized carbons (Fsp3) is 0.143. The van der Waals surface area contributed by atoms with Crippen molar-refractivity contribution in [2.24, 2.45) is 0 Å². The first-order valence-corrected chi connectivity index (χ1v) is 6.45. The topological polar surface area (TPSA) is 33.6 Å². The smallest absolute Gasteiger partial charge is 0.184 e. The Balaban J connectivity index is 2.16. The van der Waals surface area contributed by atoms with E-state index in [0.717, 1.165) is 17.3 Å². The quantitative estimate of drug-likeness (QED) is 0.730. The third kappa shape index (κ3) is 2.12. The first-order chi connectivity index (χ1) is 9.56. The second-order valence-electron chi connectivity index (χ2n) is 4.58. The molecule has 0 saturated carbocycles. The van der Waals surface area contributed by atoms with Gasteiger partial charge in [0.2, 0.25) is 0 Å². The van der Waals surface area contributed by atoms with Crippen molar-refractivity contribution in [3.8, 4) is 0 Å². The van der Waals surface area contributed by atoms with Crippen molar-refractivity contribution in [1.29, 1.82) is 0 Å². The van der Waals surface area contributed by atoms with Gasteiger partial charge in [0.25, 0.3) is 0 Å². The summed E-state index contributed by atoms with van der Waals surface area (Å²) in [6.45, 7) is 2.22. The van der Waals surface area contributed by atoms with Crippen LogP contribution in [0.3, 0.4) is 0 Å². The SMILES string of the molecule is Cc1ccc(Cn2c(=S)[nH]c3ccc(F)c(F)c32)cn1. The number of rotatable bonds is 2. The molecule has 3 aromatic rings. The van der Waals surface area contributed by atoms with E-state index in [0.29, 0.717) is 16.8 Å². The molecule has 0 radical (unpaired) electrons. The molecule has 6 heteroatoms. The molecule has 0 aliphatic heterocycles. The molecule has 0 amide bonds. The summed E-state index contributed by atoms with van der Waals surface area (Å²) in [6.07, 6.45) is 1.70. The van der Waals surface area contributed by atoms with Gasteiger partial charge >= 0.3 is 0 Å². The summed E-state index contributed by atoms with van der Waals surface area (Å²) >= 11 is 5.18. The van der Waals surface area contributed by atoms with Crippen LogP contribution in [-0.2, 0) is 6.54 Å². The van der Waals surface area contributed by atoms with Crippen molar-refractivity contribution in [3.63, 3.8) is 0 Å². The number of aromatic nitrogens is 3. The van der Waals surface area contributed by atoms with Gasteiger partial charge in [0.15, 0.2) is 16.4 Å². The van der Waals surface area contributed by atoms with E-state index in [1.165, 1.54) is 10.6 Å². The molecule has 20 heavy (non-hydrogen) atoms. The number of aromatic amines is 1. The van der Waals surface area contributed by atoms with Crippen LogP contribution >= 0.6 is 12.2 Å². The molecule has 102 valence electrons. The number of H-pyrrole nitrogens is 1. The van der Waals surface area contributed by atoms with Gasteiger partial charge in [-0.15, -0.1) is 0 Å². The summed E-state index contributed by atoms with van der Waals surface area (Å²) in [7, 11) is 0. The molecule has 3 rings (SSSR count). The number of imidazole rings is 1. The van der Waals surface area contributed by atoms with E-state index in [1.54, 1.807) is 6.20 Å². The van der Waals surface area contributed by atoms with Gasteiger partial charge < -0.3 is 9.55 Å². The van der Waals surface area contributed by atoms with Gasteiger partial charge in [-0.2, -0.15) is 0 Å². The molecule has 0 fully saturated rings. The van der Waals surface area contributed by atoms with Crippen molar-refractivity contribution in [1.82, 2.24) is 14.5 Å². The lowest BCUT2D eigenvalue weighted by atomic mass is 10.2. The largest absolute Gasteiger partial charge is 0.330 e. The first-order valence-electron chi connectivity index (χ1n) is 6.04. The minimum atomic E-state index is -0.894. The highest BCUT2D eigenvalue weighted by Gasteiger charge is 2.13. The second-order valence-corrected chi connectivity index (χ2v) is 4.97. The number of hydrogen-bond acceptors (Lipinski definition) is 2. The summed E-state index contributed by atoms with van der Waals surface area (Å²) in [4.78, 5) is 7.06. The Morgan fingerprint density at radius 1 is 1.25 bits per heavy atom. The lowest BCUT2D eigenvalue weighted by Gasteiger charge is -2.06. The van der Waals surface area contributed by atoms with Crippen LogP contribution in [0.1, 0.15) is 11.3 Å². The van der Waals surface area contributed by atoms with E-state index < -0.39 is 11.6 Å². The molecule has 0 bridgehead atoms. The van der Waals surface area contributed by atoms with Crippen LogP contribution < -0.4 is 0 Å². The maximum atomic E-state index is 14.0. The van der Waals surface area contributed by atoms with Gasteiger partial charge in [0.1, 0.15) is 5.52 Å². The van der Waals surface area contributed by atoms with E-state index in [2.05, 4.69) is 9.97 Å². The van der Waals surface area contributed by atoms with E-state index in [-0.39, 0.29) is 5.52 Å². The van der Waals surface area contributed by atoms with E-state index in [1.807, 2.05) is 19.1 Å². The normalized spacial score (nSPS) is 11.2. The number of aryl methyl sites for hydroxylation is 1. The Morgan fingerprint density at radius 2 is 2.05 bits per heavy atom. The number of halogens is 2. The fourth-order valence-corrected chi connectivity index (χ4v) is 2.38. The number of hydrogen-bond donors (Lipinski definition) is 1. The molecule has 1 aromatic carbocycles. The number of pyridine rings is 1. The molecule has 0 atom stereocenters. The summed E-state index contributed by atoms with van der Waals surface area (Å²) in [5.74, 6) is -1.78. The lowest BCUT2D eigenvalue weighted by molar-refractivity contribution is 0.512. The minimum Gasteiger partial charge on any atom is -0.330 e. The molecule has 0 spiro atoms. The fourth-order valence-electron chi connectivity index (χ4n) is 2.11. The van der Waals surface area contributed by atoms with Crippen LogP contribution in [0.15, 0.2) is 30.5 Å². The van der Waals surface area contributed by atoms with Gasteiger partial charge in [-0.05, 0) is 42.9 Å². The summed E-state index contributed by atoms with van der Waals surface area (Å²) in [5.41, 5.74) is 2.40. The van der Waals surface area contributed by atoms with Crippen LogP contribution in [-0.4, -0.2) is 14.5 Å². The van der Waals surface area contributed by atoms with Gasteiger partial charge in [0, 0.05) is 11.9 Å². The zero-order valence-corrected chi connectivity index (χ0v) is 11.5. The molecule has 2 aromatic heterocycles. The van der Waals surface area contributed by atoms with Crippen molar-refractivity contribution in [2.45, 2.75) is 13.5 Å². The summed E-state index contributed by atoms with van der Waals surface area (Å²) < 4.78 is 29.2. The number of fused-ring (bicyclic) bond motifs is 1. The van der Waals surface area contributed by atoms with E-state index in [9.17, 15) is 8.78 Å². The molecule has 3 nitrogen and oxygen atoms in total. The van der Waals surface area contributed by atoms with Gasteiger partial charge in [-0.1, -0.05) is 6.07 Å². The molecular formula is C14H11F2N3S. The predicted molar refractivity (Wildman–Crippen MR) is 75.1 cm³/mol. The van der Waals surface area contributed by atoms with E-state index in [4.69, 9.17) is 12.2 Å². The van der Waals surface area contributed by atoms with Crippen molar-refractivity contribution in [3.05, 3.63) is 58.1 Å². The van der Waals surface area contributed by atoms with Crippen molar-refractivity contribution in [2.75, 3.05) is 0 Å². The zero-order chi connectivity index (χ0) is 14.3. The van der Waals surface area contributed by atoms with Crippen molar-refractivity contribution >= 4 is 23.3 Å². The van der Waals surface area contributed by atoms with Crippen LogP contribution in [0.2, 0.25) is 0 Å². The maximum absolute atomic E-state index is 14.0. The highest BCUT2D eigenvalue weighted by atomic mass is 32.1. The average Bonchev–Trinajstić information content (AvgIpc) is 2.74. The van der Waals surface area contributed by atoms with Crippen LogP contribution in [0, 0.1) is 23.3 Å². The highest BCUT2D eigenvalue weighted by molar-refractivity contribution is 7.71. The standard InChI is InChI=1S/C14H11F2N3S/c1-8-2-3-9(6-17-8)7-19-13-11(18-14(19)20)5-4-10(15)12(13)16/h2-6H,7H2,1H3,(H,18,20).